The highest BCUT2D eigenvalue weighted by atomic mass is 19.4. The summed E-state index contributed by atoms with van der Waals surface area (Å²) in [5, 5.41) is 2.89. The summed E-state index contributed by atoms with van der Waals surface area (Å²) in [6.07, 6.45) is -8.09. The van der Waals surface area contributed by atoms with E-state index in [4.69, 9.17) is 0 Å². The van der Waals surface area contributed by atoms with E-state index in [0.29, 0.717) is 5.56 Å². The quantitative estimate of drug-likeness (QED) is 0.494. The van der Waals surface area contributed by atoms with Crippen molar-refractivity contribution >= 4 is 0 Å². The monoisotopic (exact) mass is 428 g/mol. The molecule has 1 heterocycles. The molecule has 1 atom stereocenters. The summed E-state index contributed by atoms with van der Waals surface area (Å²) in [4.78, 5) is 3.85. The molecule has 158 valence electrons. The van der Waals surface area contributed by atoms with E-state index < -0.39 is 35.3 Å². The molecule has 0 fully saturated rings. The Morgan fingerprint density at radius 1 is 0.800 bits per heavy atom. The predicted molar refractivity (Wildman–Crippen MR) is 95.8 cm³/mol. The van der Waals surface area contributed by atoms with E-state index in [1.807, 2.05) is 0 Å². The molecule has 0 spiro atoms. The number of halogens is 7. The van der Waals surface area contributed by atoms with Crippen LogP contribution in [-0.2, 0) is 18.9 Å². The van der Waals surface area contributed by atoms with Crippen LogP contribution in [0.5, 0.6) is 0 Å². The maximum atomic E-state index is 13.5. The third-order valence-electron chi connectivity index (χ3n) is 4.41. The second-order valence-electron chi connectivity index (χ2n) is 6.49. The Balaban J connectivity index is 2.00. The van der Waals surface area contributed by atoms with E-state index in [1.54, 1.807) is 0 Å². The molecular formula is C21H15F7N2. The fraction of sp³-hybridized carbons (Fsp3) is 0.190. The Morgan fingerprint density at radius 3 is 2.00 bits per heavy atom. The Labute approximate surface area is 167 Å². The molecule has 3 rings (SSSR count). The number of nitrogens with one attached hydrogen (secondary N) is 1. The lowest BCUT2D eigenvalue weighted by molar-refractivity contribution is -0.139. The van der Waals surface area contributed by atoms with Gasteiger partial charge in [0.2, 0.25) is 0 Å². The molecule has 0 bridgehead atoms. The molecule has 2 aromatic carbocycles. The number of aromatic nitrogens is 1. The Morgan fingerprint density at radius 2 is 1.43 bits per heavy atom. The minimum absolute atomic E-state index is 0.0415. The van der Waals surface area contributed by atoms with Crippen molar-refractivity contribution in [3.8, 4) is 0 Å². The molecule has 0 amide bonds. The second-order valence-corrected chi connectivity index (χ2v) is 6.49. The zero-order valence-corrected chi connectivity index (χ0v) is 15.2. The third-order valence-corrected chi connectivity index (χ3v) is 4.41. The Kier molecular flexibility index (Phi) is 6.12. The van der Waals surface area contributed by atoms with Gasteiger partial charge in [0.25, 0.3) is 0 Å². The molecule has 0 saturated heterocycles. The van der Waals surface area contributed by atoms with Gasteiger partial charge in [-0.1, -0.05) is 24.3 Å². The SMILES string of the molecule is Fc1ccc(CN[C@@H](c2ccc(C(F)(F)F)cc2)c2ncccc2C(F)(F)F)cc1. The van der Waals surface area contributed by atoms with Gasteiger partial charge in [0.15, 0.2) is 0 Å². The van der Waals surface area contributed by atoms with Crippen LogP contribution < -0.4 is 5.32 Å². The number of rotatable bonds is 5. The standard InChI is InChI=1S/C21H15F7N2/c22-16-9-3-13(4-10-16)12-30-18(14-5-7-15(8-6-14)20(23,24)25)19-17(21(26,27)28)2-1-11-29-19/h1-11,18,30H,12H2/t18-/m0/s1. The van der Waals surface area contributed by atoms with Crippen LogP contribution in [0.4, 0.5) is 30.7 Å². The average Bonchev–Trinajstić information content (AvgIpc) is 2.69. The molecule has 0 aliphatic carbocycles. The number of nitrogens with zero attached hydrogens (tertiary/aromatic N) is 1. The average molecular weight is 428 g/mol. The molecule has 9 heteroatoms. The fourth-order valence-corrected chi connectivity index (χ4v) is 2.95. The third kappa shape index (κ3) is 5.15. The summed E-state index contributed by atoms with van der Waals surface area (Å²) in [5.41, 5.74) is -1.53. The normalized spacial score (nSPS) is 13.3. The van der Waals surface area contributed by atoms with Crippen LogP contribution in [0, 0.1) is 5.82 Å². The maximum absolute atomic E-state index is 13.5. The van der Waals surface area contributed by atoms with Crippen molar-refractivity contribution in [1.29, 1.82) is 0 Å². The first kappa shape index (κ1) is 21.8. The molecule has 3 aromatic rings. The van der Waals surface area contributed by atoms with Crippen molar-refractivity contribution in [2.24, 2.45) is 0 Å². The minimum atomic E-state index is -4.70. The predicted octanol–water partition coefficient (Wildman–Crippen LogP) is 6.14. The molecule has 0 aliphatic heterocycles. The van der Waals surface area contributed by atoms with Gasteiger partial charge in [-0.2, -0.15) is 26.3 Å². The van der Waals surface area contributed by atoms with Gasteiger partial charge < -0.3 is 5.32 Å². The van der Waals surface area contributed by atoms with Crippen LogP contribution in [0.2, 0.25) is 0 Å². The Bertz CT molecular complexity index is 978. The Hall–Kier alpha value is -2.94. The maximum Gasteiger partial charge on any atom is 0.418 e. The van der Waals surface area contributed by atoms with Crippen LogP contribution in [-0.4, -0.2) is 4.98 Å². The van der Waals surface area contributed by atoms with E-state index in [0.717, 1.165) is 36.4 Å². The lowest BCUT2D eigenvalue weighted by Gasteiger charge is -2.23. The van der Waals surface area contributed by atoms with Crippen molar-refractivity contribution in [2.45, 2.75) is 24.9 Å². The first-order valence-electron chi connectivity index (χ1n) is 8.73. The topological polar surface area (TPSA) is 24.9 Å². The lowest BCUT2D eigenvalue weighted by atomic mass is 9.97. The fourth-order valence-electron chi connectivity index (χ4n) is 2.95. The molecule has 0 unspecified atom stereocenters. The van der Waals surface area contributed by atoms with Crippen LogP contribution in [0.15, 0.2) is 66.9 Å². The minimum Gasteiger partial charge on any atom is -0.301 e. The number of hydrogen-bond acceptors (Lipinski definition) is 2. The first-order chi connectivity index (χ1) is 14.1. The lowest BCUT2D eigenvalue weighted by Crippen LogP contribution is -2.26. The molecule has 0 aliphatic rings. The highest BCUT2D eigenvalue weighted by Crippen LogP contribution is 2.36. The zero-order chi connectivity index (χ0) is 21.9. The van der Waals surface area contributed by atoms with Gasteiger partial charge in [0.05, 0.1) is 22.9 Å². The van der Waals surface area contributed by atoms with E-state index in [1.165, 1.54) is 30.5 Å². The van der Waals surface area contributed by atoms with E-state index in [-0.39, 0.29) is 17.8 Å². The van der Waals surface area contributed by atoms with Crippen LogP contribution in [0.1, 0.15) is 34.0 Å². The molecule has 0 saturated carbocycles. The van der Waals surface area contributed by atoms with Gasteiger partial charge in [0, 0.05) is 12.7 Å². The summed E-state index contributed by atoms with van der Waals surface area (Å²) in [6, 6.07) is 9.99. The van der Waals surface area contributed by atoms with Gasteiger partial charge in [0.1, 0.15) is 5.82 Å². The van der Waals surface area contributed by atoms with Crippen LogP contribution >= 0.6 is 0 Å². The second kappa shape index (κ2) is 8.43. The smallest absolute Gasteiger partial charge is 0.301 e. The van der Waals surface area contributed by atoms with Gasteiger partial charge in [-0.05, 0) is 47.5 Å². The molecule has 2 nitrogen and oxygen atoms in total. The summed E-state index contributed by atoms with van der Waals surface area (Å²) in [5.74, 6) is -0.470. The van der Waals surface area contributed by atoms with Gasteiger partial charge in [-0.15, -0.1) is 0 Å². The van der Waals surface area contributed by atoms with Crippen molar-refractivity contribution < 1.29 is 30.7 Å². The van der Waals surface area contributed by atoms with Gasteiger partial charge in [-0.25, -0.2) is 4.39 Å². The van der Waals surface area contributed by atoms with E-state index in [2.05, 4.69) is 10.3 Å². The molecule has 1 aromatic heterocycles. The molecule has 0 radical (unpaired) electrons. The van der Waals surface area contributed by atoms with Crippen molar-refractivity contribution in [2.75, 3.05) is 0 Å². The summed E-state index contributed by atoms with van der Waals surface area (Å²) in [6.45, 7) is 0.0415. The summed E-state index contributed by atoms with van der Waals surface area (Å²) < 4.78 is 92.1. The summed E-state index contributed by atoms with van der Waals surface area (Å²) >= 11 is 0. The van der Waals surface area contributed by atoms with Crippen molar-refractivity contribution in [1.82, 2.24) is 10.3 Å². The molecule has 1 N–H and O–H groups in total. The van der Waals surface area contributed by atoms with Crippen LogP contribution in [0.25, 0.3) is 0 Å². The summed E-state index contributed by atoms with van der Waals surface area (Å²) in [7, 11) is 0. The number of hydrogen-bond donors (Lipinski definition) is 1. The van der Waals surface area contributed by atoms with Gasteiger partial charge in [-0.3, -0.25) is 4.98 Å². The number of alkyl halides is 6. The van der Waals surface area contributed by atoms with E-state index in [9.17, 15) is 30.7 Å². The van der Waals surface area contributed by atoms with Crippen LogP contribution in [0.3, 0.4) is 0 Å². The molecule has 30 heavy (non-hydrogen) atoms. The largest absolute Gasteiger partial charge is 0.418 e. The van der Waals surface area contributed by atoms with E-state index >= 15 is 0 Å². The van der Waals surface area contributed by atoms with Crippen molar-refractivity contribution in [3.63, 3.8) is 0 Å². The zero-order valence-electron chi connectivity index (χ0n) is 15.2. The van der Waals surface area contributed by atoms with Crippen molar-refractivity contribution in [3.05, 3.63) is 101 Å². The number of benzene rings is 2. The van der Waals surface area contributed by atoms with Gasteiger partial charge >= 0.3 is 12.4 Å². The number of pyridine rings is 1. The first-order valence-corrected chi connectivity index (χ1v) is 8.73. The highest BCUT2D eigenvalue weighted by molar-refractivity contribution is 5.36. The highest BCUT2D eigenvalue weighted by Gasteiger charge is 2.37. The molecular weight excluding hydrogens is 413 g/mol.